The van der Waals surface area contributed by atoms with Crippen LogP contribution in [0.4, 0.5) is 0 Å². The summed E-state index contributed by atoms with van der Waals surface area (Å²) in [6.07, 6.45) is 5.28. The van der Waals surface area contributed by atoms with Crippen molar-refractivity contribution in [3.63, 3.8) is 0 Å². The first-order valence-corrected chi connectivity index (χ1v) is 5.46. The molecule has 1 atom stereocenters. The molecule has 72 valence electrons. The summed E-state index contributed by atoms with van der Waals surface area (Å²) in [4.78, 5) is 0. The summed E-state index contributed by atoms with van der Waals surface area (Å²) in [5.74, 6) is 0. The molecule has 0 N–H and O–H groups in total. The van der Waals surface area contributed by atoms with Crippen molar-refractivity contribution in [2.75, 3.05) is 6.61 Å². The Balaban J connectivity index is 2.14. The third-order valence-electron chi connectivity index (χ3n) is 2.10. The highest BCUT2D eigenvalue weighted by atomic mass is 79.9. The second-order valence-corrected chi connectivity index (χ2v) is 4.28. The van der Waals surface area contributed by atoms with Crippen LogP contribution in [0.15, 0.2) is 10.7 Å². The van der Waals surface area contributed by atoms with Gasteiger partial charge < -0.3 is 4.74 Å². The SMILES string of the molecule is Clc1nn(C2CCCCO2)cc1Br. The number of ether oxygens (including phenoxy) is 1. The van der Waals surface area contributed by atoms with Gasteiger partial charge in [-0.05, 0) is 35.2 Å². The van der Waals surface area contributed by atoms with Gasteiger partial charge in [-0.25, -0.2) is 4.68 Å². The smallest absolute Gasteiger partial charge is 0.165 e. The van der Waals surface area contributed by atoms with Crippen LogP contribution in [0.5, 0.6) is 0 Å². The molecule has 0 aromatic carbocycles. The number of halogens is 2. The minimum Gasteiger partial charge on any atom is -0.357 e. The van der Waals surface area contributed by atoms with E-state index < -0.39 is 0 Å². The van der Waals surface area contributed by atoms with Crippen LogP contribution >= 0.6 is 27.5 Å². The Bertz CT molecular complexity index is 277. The predicted molar refractivity (Wildman–Crippen MR) is 53.8 cm³/mol. The fourth-order valence-electron chi connectivity index (χ4n) is 1.43. The Morgan fingerprint density at radius 3 is 3.00 bits per heavy atom. The van der Waals surface area contributed by atoms with Crippen LogP contribution in [0.3, 0.4) is 0 Å². The number of nitrogens with zero attached hydrogens (tertiary/aromatic N) is 2. The van der Waals surface area contributed by atoms with Crippen molar-refractivity contribution in [2.45, 2.75) is 25.5 Å². The maximum absolute atomic E-state index is 5.81. The first-order chi connectivity index (χ1) is 6.27. The summed E-state index contributed by atoms with van der Waals surface area (Å²) in [7, 11) is 0. The molecule has 1 fully saturated rings. The van der Waals surface area contributed by atoms with Crippen LogP contribution in [0.25, 0.3) is 0 Å². The molecule has 0 spiro atoms. The van der Waals surface area contributed by atoms with Gasteiger partial charge in [-0.2, -0.15) is 5.10 Å². The average Bonchev–Trinajstić information content (AvgIpc) is 2.49. The molecular weight excluding hydrogens is 255 g/mol. The number of hydrogen-bond donors (Lipinski definition) is 0. The lowest BCUT2D eigenvalue weighted by molar-refractivity contribution is -0.0395. The number of aromatic nitrogens is 2. The third kappa shape index (κ3) is 2.06. The Labute approximate surface area is 90.1 Å². The molecule has 1 unspecified atom stereocenters. The second-order valence-electron chi connectivity index (χ2n) is 3.07. The predicted octanol–water partition coefficient (Wildman–Crippen LogP) is 3.00. The van der Waals surface area contributed by atoms with Crippen molar-refractivity contribution < 1.29 is 4.74 Å². The van der Waals surface area contributed by atoms with Gasteiger partial charge in [0.1, 0.15) is 6.23 Å². The van der Waals surface area contributed by atoms with E-state index in [0.717, 1.165) is 23.9 Å². The molecule has 1 aliphatic rings. The van der Waals surface area contributed by atoms with E-state index in [-0.39, 0.29) is 6.23 Å². The molecule has 0 saturated carbocycles. The summed E-state index contributed by atoms with van der Waals surface area (Å²) in [6.45, 7) is 0.819. The van der Waals surface area contributed by atoms with E-state index in [4.69, 9.17) is 16.3 Å². The molecule has 13 heavy (non-hydrogen) atoms. The zero-order valence-electron chi connectivity index (χ0n) is 7.04. The van der Waals surface area contributed by atoms with Crippen molar-refractivity contribution in [3.8, 4) is 0 Å². The van der Waals surface area contributed by atoms with Gasteiger partial charge in [0, 0.05) is 12.8 Å². The summed E-state index contributed by atoms with van der Waals surface area (Å²) < 4.78 is 8.16. The highest BCUT2D eigenvalue weighted by Gasteiger charge is 2.17. The van der Waals surface area contributed by atoms with Crippen molar-refractivity contribution >= 4 is 27.5 Å². The Hall–Kier alpha value is -0.0600. The molecule has 1 aromatic rings. The second kappa shape index (κ2) is 3.98. The fraction of sp³-hybridized carbons (Fsp3) is 0.625. The molecule has 3 nitrogen and oxygen atoms in total. The van der Waals surface area contributed by atoms with Gasteiger partial charge >= 0.3 is 0 Å². The molecule has 0 radical (unpaired) electrons. The van der Waals surface area contributed by atoms with Gasteiger partial charge in [0.25, 0.3) is 0 Å². The van der Waals surface area contributed by atoms with E-state index in [0.29, 0.717) is 5.15 Å². The summed E-state index contributed by atoms with van der Waals surface area (Å²) in [5, 5.41) is 4.64. The lowest BCUT2D eigenvalue weighted by Crippen LogP contribution is -2.18. The molecule has 1 saturated heterocycles. The topological polar surface area (TPSA) is 27.1 Å². The van der Waals surface area contributed by atoms with Crippen LogP contribution in [0, 0.1) is 0 Å². The average molecular weight is 266 g/mol. The maximum atomic E-state index is 5.81. The minimum absolute atomic E-state index is 0.0672. The largest absolute Gasteiger partial charge is 0.357 e. The van der Waals surface area contributed by atoms with E-state index in [2.05, 4.69) is 21.0 Å². The van der Waals surface area contributed by atoms with Crippen molar-refractivity contribution in [3.05, 3.63) is 15.8 Å². The quantitative estimate of drug-likeness (QED) is 0.780. The minimum atomic E-state index is 0.0672. The zero-order chi connectivity index (χ0) is 9.26. The van der Waals surface area contributed by atoms with Gasteiger partial charge in [0.05, 0.1) is 4.47 Å². The van der Waals surface area contributed by atoms with Crippen LogP contribution < -0.4 is 0 Å². The zero-order valence-corrected chi connectivity index (χ0v) is 9.38. The molecule has 5 heteroatoms. The molecule has 2 rings (SSSR count). The monoisotopic (exact) mass is 264 g/mol. The molecule has 0 amide bonds. The van der Waals surface area contributed by atoms with Gasteiger partial charge in [-0.3, -0.25) is 0 Å². The lowest BCUT2D eigenvalue weighted by atomic mass is 10.2. The first kappa shape index (κ1) is 9.49. The Kier molecular flexibility index (Phi) is 2.91. The van der Waals surface area contributed by atoms with Gasteiger partial charge in [-0.15, -0.1) is 0 Å². The highest BCUT2D eigenvalue weighted by Crippen LogP contribution is 2.26. The van der Waals surface area contributed by atoms with E-state index >= 15 is 0 Å². The molecule has 2 heterocycles. The van der Waals surface area contributed by atoms with Crippen LogP contribution in [0.2, 0.25) is 5.15 Å². The Morgan fingerprint density at radius 2 is 2.46 bits per heavy atom. The number of hydrogen-bond acceptors (Lipinski definition) is 2. The van der Waals surface area contributed by atoms with Crippen LogP contribution in [-0.4, -0.2) is 16.4 Å². The molecule has 0 bridgehead atoms. The van der Waals surface area contributed by atoms with Gasteiger partial charge in [0.15, 0.2) is 5.15 Å². The van der Waals surface area contributed by atoms with Crippen LogP contribution in [0.1, 0.15) is 25.5 Å². The maximum Gasteiger partial charge on any atom is 0.165 e. The van der Waals surface area contributed by atoms with Gasteiger partial charge in [-0.1, -0.05) is 11.6 Å². The summed E-state index contributed by atoms with van der Waals surface area (Å²) >= 11 is 9.13. The molecule has 0 aliphatic carbocycles. The van der Waals surface area contributed by atoms with E-state index in [1.165, 1.54) is 6.42 Å². The summed E-state index contributed by atoms with van der Waals surface area (Å²) in [5.41, 5.74) is 0. The van der Waals surface area contributed by atoms with E-state index in [1.54, 1.807) is 4.68 Å². The summed E-state index contributed by atoms with van der Waals surface area (Å²) in [6, 6.07) is 0. The van der Waals surface area contributed by atoms with E-state index in [9.17, 15) is 0 Å². The molecule has 1 aliphatic heterocycles. The first-order valence-electron chi connectivity index (χ1n) is 4.29. The fourth-order valence-corrected chi connectivity index (χ4v) is 1.85. The standard InChI is InChI=1S/C8H10BrClN2O/c9-6-5-12(11-8(6)10)7-3-1-2-4-13-7/h5,7H,1-4H2. The van der Waals surface area contributed by atoms with Crippen molar-refractivity contribution in [1.29, 1.82) is 0 Å². The Morgan fingerprint density at radius 1 is 1.62 bits per heavy atom. The normalized spacial score (nSPS) is 23.4. The highest BCUT2D eigenvalue weighted by molar-refractivity contribution is 9.10. The number of rotatable bonds is 1. The third-order valence-corrected chi connectivity index (χ3v) is 3.18. The van der Waals surface area contributed by atoms with E-state index in [1.807, 2.05) is 6.20 Å². The lowest BCUT2D eigenvalue weighted by Gasteiger charge is -2.22. The van der Waals surface area contributed by atoms with Crippen LogP contribution in [-0.2, 0) is 4.74 Å². The molecular formula is C8H10BrClN2O. The van der Waals surface area contributed by atoms with Crippen molar-refractivity contribution in [2.24, 2.45) is 0 Å². The van der Waals surface area contributed by atoms with Crippen molar-refractivity contribution in [1.82, 2.24) is 9.78 Å². The van der Waals surface area contributed by atoms with Gasteiger partial charge in [0.2, 0.25) is 0 Å². The molecule has 1 aromatic heterocycles.